The van der Waals surface area contributed by atoms with Gasteiger partial charge in [0, 0.05) is 0 Å². The number of aliphatic hydroxyl groups excluding tert-OH is 1. The predicted octanol–water partition coefficient (Wildman–Crippen LogP) is 3.11. The van der Waals surface area contributed by atoms with Gasteiger partial charge in [-0.2, -0.15) is 8.78 Å². The summed E-state index contributed by atoms with van der Waals surface area (Å²) in [5, 5.41) is 4.15. The molecule has 20 heavy (non-hydrogen) atoms. The molecule has 0 heterocycles. The summed E-state index contributed by atoms with van der Waals surface area (Å²) in [5.74, 6) is 0. The molecule has 2 aromatic carbocycles. The summed E-state index contributed by atoms with van der Waals surface area (Å²) in [6, 6.07) is 17.0. The number of halogens is 2. The Bertz CT molecular complexity index is 533. The van der Waals surface area contributed by atoms with E-state index in [2.05, 4.69) is 0 Å². The van der Waals surface area contributed by atoms with Crippen LogP contribution in [0.25, 0.3) is 0 Å². The standard InChI is InChI=1S/C15H14F2O2S/c16-15(17,11-18)20(19)14(12-7-3-1-4-8-12)13-9-5-2-6-10-13/h1-10,14,18H,11H2/t20-/m1/s1. The van der Waals surface area contributed by atoms with E-state index in [-0.39, 0.29) is 0 Å². The molecule has 0 saturated heterocycles. The number of rotatable bonds is 5. The van der Waals surface area contributed by atoms with Crippen molar-refractivity contribution in [2.24, 2.45) is 0 Å². The molecule has 2 rings (SSSR count). The van der Waals surface area contributed by atoms with Gasteiger partial charge < -0.3 is 5.11 Å². The highest BCUT2D eigenvalue weighted by atomic mass is 32.2. The van der Waals surface area contributed by atoms with Crippen LogP contribution in [0.2, 0.25) is 0 Å². The maximum atomic E-state index is 13.6. The smallest absolute Gasteiger partial charge is 0.344 e. The van der Waals surface area contributed by atoms with E-state index in [0.29, 0.717) is 11.1 Å². The Hall–Kier alpha value is -1.59. The van der Waals surface area contributed by atoms with Crippen LogP contribution in [-0.2, 0) is 10.8 Å². The van der Waals surface area contributed by atoms with Gasteiger partial charge in [0.2, 0.25) is 0 Å². The average Bonchev–Trinajstić information content (AvgIpc) is 2.49. The van der Waals surface area contributed by atoms with Crippen LogP contribution in [0.3, 0.4) is 0 Å². The van der Waals surface area contributed by atoms with Gasteiger partial charge in [0.1, 0.15) is 17.4 Å². The third kappa shape index (κ3) is 3.11. The quantitative estimate of drug-likeness (QED) is 0.920. The monoisotopic (exact) mass is 296 g/mol. The second-order valence-electron chi connectivity index (χ2n) is 4.29. The third-order valence-electron chi connectivity index (χ3n) is 2.90. The summed E-state index contributed by atoms with van der Waals surface area (Å²) >= 11 is 0. The number of benzene rings is 2. The Balaban J connectivity index is 2.49. The molecule has 1 N–H and O–H groups in total. The summed E-state index contributed by atoms with van der Waals surface area (Å²) in [4.78, 5) is 0. The topological polar surface area (TPSA) is 37.3 Å². The van der Waals surface area contributed by atoms with Gasteiger partial charge in [-0.3, -0.25) is 4.21 Å². The Morgan fingerprint density at radius 2 is 1.35 bits per heavy atom. The van der Waals surface area contributed by atoms with E-state index in [4.69, 9.17) is 5.11 Å². The molecule has 0 unspecified atom stereocenters. The minimum Gasteiger partial charge on any atom is -0.389 e. The third-order valence-corrected chi connectivity index (χ3v) is 4.59. The average molecular weight is 296 g/mol. The summed E-state index contributed by atoms with van der Waals surface area (Å²) in [5.41, 5.74) is 1.07. The lowest BCUT2D eigenvalue weighted by atomic mass is 10.0. The van der Waals surface area contributed by atoms with Crippen molar-refractivity contribution < 1.29 is 18.1 Å². The summed E-state index contributed by atoms with van der Waals surface area (Å²) < 4.78 is 39.4. The van der Waals surface area contributed by atoms with Crippen LogP contribution < -0.4 is 0 Å². The van der Waals surface area contributed by atoms with E-state index in [1.165, 1.54) is 0 Å². The fourth-order valence-corrected chi connectivity index (χ4v) is 3.21. The van der Waals surface area contributed by atoms with Gasteiger partial charge in [0.15, 0.2) is 0 Å². The molecule has 0 aliphatic rings. The van der Waals surface area contributed by atoms with Gasteiger partial charge in [0.25, 0.3) is 0 Å². The first kappa shape index (κ1) is 14.8. The second kappa shape index (κ2) is 6.24. The number of alkyl halides is 2. The Morgan fingerprint density at radius 3 is 1.70 bits per heavy atom. The highest BCUT2D eigenvalue weighted by Gasteiger charge is 2.42. The molecule has 0 bridgehead atoms. The van der Waals surface area contributed by atoms with E-state index in [9.17, 15) is 13.0 Å². The fourth-order valence-electron chi connectivity index (χ4n) is 1.93. The van der Waals surface area contributed by atoms with Crippen molar-refractivity contribution in [3.8, 4) is 0 Å². The van der Waals surface area contributed by atoms with Crippen LogP contribution in [-0.4, -0.2) is 21.2 Å². The molecule has 106 valence electrons. The predicted molar refractivity (Wildman–Crippen MR) is 74.9 cm³/mol. The number of hydrogen-bond acceptors (Lipinski definition) is 2. The molecule has 1 atom stereocenters. The van der Waals surface area contributed by atoms with Gasteiger partial charge in [-0.1, -0.05) is 60.7 Å². The molecule has 5 heteroatoms. The summed E-state index contributed by atoms with van der Waals surface area (Å²) in [7, 11) is -2.55. The van der Waals surface area contributed by atoms with Gasteiger partial charge in [0.05, 0.1) is 5.25 Å². The summed E-state index contributed by atoms with van der Waals surface area (Å²) in [6.07, 6.45) is 0. The molecular weight excluding hydrogens is 282 g/mol. The SMILES string of the molecule is O=[S@](C(c1ccccc1)c1ccccc1)C(F)(F)CO. The fraction of sp³-hybridized carbons (Fsp3) is 0.200. The highest BCUT2D eigenvalue weighted by Crippen LogP contribution is 2.35. The molecule has 0 aromatic heterocycles. The van der Waals surface area contributed by atoms with Crippen LogP contribution >= 0.6 is 0 Å². The van der Waals surface area contributed by atoms with Crippen molar-refractivity contribution in [3.05, 3.63) is 71.8 Å². The molecule has 0 aliphatic carbocycles. The Kier molecular flexibility index (Phi) is 4.62. The molecule has 0 saturated carbocycles. The van der Waals surface area contributed by atoms with Gasteiger partial charge in [-0.05, 0) is 11.1 Å². The van der Waals surface area contributed by atoms with Crippen LogP contribution in [0.15, 0.2) is 60.7 Å². The Labute approximate surface area is 118 Å². The second-order valence-corrected chi connectivity index (χ2v) is 5.96. The molecule has 0 radical (unpaired) electrons. The molecule has 2 aromatic rings. The molecule has 0 aliphatic heterocycles. The van der Waals surface area contributed by atoms with Crippen molar-refractivity contribution in [1.29, 1.82) is 0 Å². The van der Waals surface area contributed by atoms with Gasteiger partial charge >= 0.3 is 5.25 Å². The van der Waals surface area contributed by atoms with Crippen molar-refractivity contribution >= 4 is 10.8 Å². The zero-order valence-electron chi connectivity index (χ0n) is 10.6. The van der Waals surface area contributed by atoms with E-state index in [1.807, 2.05) is 0 Å². The van der Waals surface area contributed by atoms with Crippen LogP contribution in [0.1, 0.15) is 16.4 Å². The van der Waals surface area contributed by atoms with E-state index >= 15 is 0 Å². The Morgan fingerprint density at radius 1 is 0.950 bits per heavy atom. The molecule has 0 spiro atoms. The molecule has 2 nitrogen and oxygen atoms in total. The van der Waals surface area contributed by atoms with Crippen molar-refractivity contribution in [2.75, 3.05) is 6.61 Å². The zero-order valence-corrected chi connectivity index (χ0v) is 11.4. The van der Waals surface area contributed by atoms with E-state index in [0.717, 1.165) is 0 Å². The first-order valence-corrected chi connectivity index (χ1v) is 7.27. The zero-order chi connectivity index (χ0) is 14.6. The normalized spacial score (nSPS) is 13.4. The first-order chi connectivity index (χ1) is 9.56. The largest absolute Gasteiger partial charge is 0.389 e. The van der Waals surface area contributed by atoms with E-state index in [1.54, 1.807) is 60.7 Å². The maximum absolute atomic E-state index is 13.6. The first-order valence-electron chi connectivity index (χ1n) is 6.05. The van der Waals surface area contributed by atoms with Gasteiger partial charge in [-0.25, -0.2) is 0 Å². The van der Waals surface area contributed by atoms with E-state index < -0.39 is 27.9 Å². The molecular formula is C15H14F2O2S. The summed E-state index contributed by atoms with van der Waals surface area (Å²) in [6.45, 7) is -1.43. The lowest BCUT2D eigenvalue weighted by Gasteiger charge is -2.22. The van der Waals surface area contributed by atoms with Crippen molar-refractivity contribution in [1.82, 2.24) is 0 Å². The minimum atomic E-state index is -3.64. The van der Waals surface area contributed by atoms with Crippen LogP contribution in [0.4, 0.5) is 8.78 Å². The van der Waals surface area contributed by atoms with Crippen molar-refractivity contribution in [2.45, 2.75) is 10.5 Å². The van der Waals surface area contributed by atoms with Gasteiger partial charge in [-0.15, -0.1) is 0 Å². The lowest BCUT2D eigenvalue weighted by molar-refractivity contribution is 0.0306. The maximum Gasteiger partial charge on any atom is 0.344 e. The van der Waals surface area contributed by atoms with Crippen LogP contribution in [0, 0.1) is 0 Å². The van der Waals surface area contributed by atoms with Crippen molar-refractivity contribution in [3.63, 3.8) is 0 Å². The highest BCUT2D eigenvalue weighted by molar-refractivity contribution is 7.86. The number of aliphatic hydroxyl groups is 1. The molecule has 0 fully saturated rings. The van der Waals surface area contributed by atoms with Crippen LogP contribution in [0.5, 0.6) is 0 Å². The molecule has 0 amide bonds. The lowest BCUT2D eigenvalue weighted by Crippen LogP contribution is -2.31. The minimum absolute atomic E-state index is 0.533. The number of hydrogen-bond donors (Lipinski definition) is 1.